The number of Topliss-reactive ketones (excluding diaryl/α,β-unsaturated/α-hetero) is 2. The van der Waals surface area contributed by atoms with Gasteiger partial charge in [-0.1, -0.05) is 109 Å². The van der Waals surface area contributed by atoms with Crippen LogP contribution >= 0.6 is 0 Å². The van der Waals surface area contributed by atoms with Gasteiger partial charge in [0.05, 0.1) is 37.3 Å². The first-order valence-electron chi connectivity index (χ1n) is 33.4. The minimum absolute atomic E-state index is 0.0216. The molecule has 0 aromatic heterocycles. The number of allylic oxidation sites excluding steroid dienone is 2. The first kappa shape index (κ1) is 83.2. The molecule has 12 atom stereocenters. The van der Waals surface area contributed by atoms with Gasteiger partial charge in [0, 0.05) is 48.2 Å². The lowest BCUT2D eigenvalue weighted by atomic mass is 9.91. The molecule has 0 bridgehead atoms. The van der Waals surface area contributed by atoms with E-state index in [2.05, 4.69) is 21.3 Å². The zero-order chi connectivity index (χ0) is 70.2. The van der Waals surface area contributed by atoms with Gasteiger partial charge in [-0.3, -0.25) is 62.5 Å². The average molecular weight is 1290 g/mol. The quantitative estimate of drug-likeness (QED) is 0.114. The smallest absolute Gasteiger partial charge is 0.246 e. The summed E-state index contributed by atoms with van der Waals surface area (Å²) in [5.74, 6) is -6.95. The molecule has 0 spiro atoms. The highest BCUT2D eigenvalue weighted by molar-refractivity contribution is 5.98. The molecule has 0 saturated carbocycles. The van der Waals surface area contributed by atoms with E-state index in [0.717, 1.165) is 4.90 Å². The zero-order valence-electron chi connectivity index (χ0n) is 60.3. The summed E-state index contributed by atoms with van der Waals surface area (Å²) in [6, 6.07) is -11.1. The SMILES string of the molecule is CC=CCC(C)C(O)C1C(=O)NC(CC)C(=O)N(C)CC(=O)CN(C)C(CC(C)C)C(=O)NC(CC(C)C)C(=O)N(C)C(CCC(C)C)C(=O)NC(C)C(=O)NC(C)C(=O)N(C)C(CC(C)C)C(=O)CCN(C)C(CC(C)C)C(=O)N(C)C(CC(C)C)C(=O)N1C. The zero-order valence-corrected chi connectivity index (χ0v) is 60.3. The van der Waals surface area contributed by atoms with Crippen molar-refractivity contribution >= 4 is 64.7 Å². The molecule has 0 aliphatic carbocycles. The Balaban J connectivity index is 4.23. The number of aliphatic hydroxyl groups is 1. The molecule has 1 fully saturated rings. The Bertz CT molecular complexity index is 2430. The average Bonchev–Trinajstić information content (AvgIpc) is 0.909. The molecular formula is C68H123N11O12. The van der Waals surface area contributed by atoms with Crippen LogP contribution in [-0.2, 0) is 52.7 Å². The Labute approximate surface area is 547 Å². The predicted octanol–water partition coefficient (Wildman–Crippen LogP) is 4.91. The number of aliphatic hydroxyl groups excluding tert-OH is 1. The number of likely N-dealkylation sites (N-methyl/N-ethyl adjacent to an activating group) is 7. The summed E-state index contributed by atoms with van der Waals surface area (Å²) in [7, 11) is 10.7. The number of carbonyl (C=O) groups excluding carboxylic acids is 11. The van der Waals surface area contributed by atoms with E-state index in [1.54, 1.807) is 37.7 Å². The number of nitrogens with one attached hydrogen (secondary N) is 4. The molecule has 522 valence electrons. The molecule has 23 nitrogen and oxygen atoms in total. The second-order valence-corrected chi connectivity index (χ2v) is 28.5. The molecule has 1 aliphatic heterocycles. The van der Waals surface area contributed by atoms with Gasteiger partial charge in [0.1, 0.15) is 42.3 Å². The van der Waals surface area contributed by atoms with E-state index in [-0.39, 0.29) is 99.3 Å². The fourth-order valence-corrected chi connectivity index (χ4v) is 11.6. The highest BCUT2D eigenvalue weighted by Gasteiger charge is 2.44. The lowest BCUT2D eigenvalue weighted by Gasteiger charge is -2.40. The summed E-state index contributed by atoms with van der Waals surface area (Å²) in [5, 5.41) is 23.4. The van der Waals surface area contributed by atoms with Gasteiger partial charge in [-0.05, 0) is 134 Å². The van der Waals surface area contributed by atoms with E-state index < -0.39 is 138 Å². The van der Waals surface area contributed by atoms with E-state index in [9.17, 15) is 48.3 Å². The van der Waals surface area contributed by atoms with Gasteiger partial charge in [0.2, 0.25) is 53.2 Å². The molecule has 1 aliphatic rings. The lowest BCUT2D eigenvalue weighted by Crippen LogP contribution is -2.62. The van der Waals surface area contributed by atoms with Crippen molar-refractivity contribution in [3.63, 3.8) is 0 Å². The second-order valence-electron chi connectivity index (χ2n) is 28.5. The molecule has 0 radical (unpaired) electrons. The Morgan fingerprint density at radius 2 is 0.934 bits per heavy atom. The molecule has 0 aromatic rings. The maximum absolute atomic E-state index is 15.2. The number of ketones is 2. The van der Waals surface area contributed by atoms with Crippen LogP contribution < -0.4 is 21.3 Å². The van der Waals surface area contributed by atoms with Crippen LogP contribution in [0, 0.1) is 41.4 Å². The molecule has 1 heterocycles. The summed E-state index contributed by atoms with van der Waals surface area (Å²) in [6.45, 7) is 30.8. The normalized spacial score (nSPS) is 26.7. The fourth-order valence-electron chi connectivity index (χ4n) is 11.6. The molecule has 5 N–H and O–H groups in total. The van der Waals surface area contributed by atoms with Crippen LogP contribution in [0.5, 0.6) is 0 Å². The van der Waals surface area contributed by atoms with E-state index in [1.165, 1.54) is 68.7 Å². The molecule has 9 amide bonds. The number of hydrogen-bond donors (Lipinski definition) is 5. The van der Waals surface area contributed by atoms with E-state index in [0.29, 0.717) is 19.3 Å². The van der Waals surface area contributed by atoms with Crippen molar-refractivity contribution in [1.82, 2.24) is 55.6 Å². The summed E-state index contributed by atoms with van der Waals surface area (Å²) < 4.78 is 0. The summed E-state index contributed by atoms with van der Waals surface area (Å²) >= 11 is 0. The van der Waals surface area contributed by atoms with Crippen LogP contribution in [0.4, 0.5) is 0 Å². The number of rotatable bonds is 18. The molecule has 1 rings (SSSR count). The first-order chi connectivity index (χ1) is 42.1. The number of carbonyl (C=O) groups is 11. The van der Waals surface area contributed by atoms with Crippen molar-refractivity contribution in [2.45, 2.75) is 248 Å². The van der Waals surface area contributed by atoms with Crippen LogP contribution in [0.2, 0.25) is 0 Å². The molecule has 1 saturated heterocycles. The van der Waals surface area contributed by atoms with Gasteiger partial charge >= 0.3 is 0 Å². The van der Waals surface area contributed by atoms with Crippen molar-refractivity contribution in [2.24, 2.45) is 41.4 Å². The maximum atomic E-state index is 15.2. The third kappa shape index (κ3) is 26.6. The molecule has 0 aromatic carbocycles. The standard InChI is InChI=1S/C68H123N11O12/c1-25-27-28-46(15)59(82)58-63(86)71-50(26-2)65(88)75(20)39-49(80)38-74(19)54(35-43(9)10)62(85)72-51(33-41(5)6)66(89)76(21)52(30-29-40(3)4)61(84)69-47(16)60(83)70-48(17)64(87)77(22)53(34-42(7)8)57(81)31-32-73(18)55(36-44(11)12)67(90)78(23)56(37-45(13)14)68(91)79(58)24/h25,27,40-48,50-56,58-59,82H,26,28-39H2,1-24H3,(H,69,84)(H,70,83)(H,71,86)(H,72,85). The maximum Gasteiger partial charge on any atom is 0.246 e. The monoisotopic (exact) mass is 1290 g/mol. The highest BCUT2D eigenvalue weighted by Crippen LogP contribution is 2.25. The van der Waals surface area contributed by atoms with Gasteiger partial charge in [0.15, 0.2) is 11.6 Å². The van der Waals surface area contributed by atoms with Crippen LogP contribution in [0.1, 0.15) is 182 Å². The minimum atomic E-state index is -1.55. The number of amides is 9. The Hall–Kier alpha value is -5.81. The van der Waals surface area contributed by atoms with Gasteiger partial charge in [-0.15, -0.1) is 0 Å². The van der Waals surface area contributed by atoms with E-state index in [4.69, 9.17) is 0 Å². The topological polar surface area (TPSA) is 279 Å². The Morgan fingerprint density at radius 1 is 0.473 bits per heavy atom. The number of nitrogens with zero attached hydrogens (tertiary/aromatic N) is 7. The Morgan fingerprint density at radius 3 is 1.45 bits per heavy atom. The predicted molar refractivity (Wildman–Crippen MR) is 357 cm³/mol. The van der Waals surface area contributed by atoms with Crippen LogP contribution in [0.3, 0.4) is 0 Å². The van der Waals surface area contributed by atoms with Gasteiger partial charge in [-0.2, -0.15) is 0 Å². The van der Waals surface area contributed by atoms with Crippen molar-refractivity contribution in [1.29, 1.82) is 0 Å². The third-order valence-electron chi connectivity index (χ3n) is 17.3. The van der Waals surface area contributed by atoms with Crippen molar-refractivity contribution in [2.75, 3.05) is 69.0 Å². The van der Waals surface area contributed by atoms with E-state index in [1.807, 2.05) is 102 Å². The van der Waals surface area contributed by atoms with Crippen molar-refractivity contribution < 1.29 is 57.8 Å². The van der Waals surface area contributed by atoms with Crippen LogP contribution in [-0.4, -0.2) is 240 Å². The van der Waals surface area contributed by atoms with Gasteiger partial charge < -0.3 is 50.9 Å². The summed E-state index contributed by atoms with van der Waals surface area (Å²) in [5.41, 5.74) is 0. The summed E-state index contributed by atoms with van der Waals surface area (Å²) in [6.07, 6.45) is 4.54. The lowest BCUT2D eigenvalue weighted by molar-refractivity contribution is -0.154. The van der Waals surface area contributed by atoms with Crippen LogP contribution in [0.25, 0.3) is 0 Å². The molecule has 12 unspecified atom stereocenters. The van der Waals surface area contributed by atoms with Gasteiger partial charge in [-0.25, -0.2) is 0 Å². The van der Waals surface area contributed by atoms with Gasteiger partial charge in [0.25, 0.3) is 0 Å². The number of hydrogen-bond acceptors (Lipinski definition) is 14. The van der Waals surface area contributed by atoms with Crippen molar-refractivity contribution in [3.8, 4) is 0 Å². The molecule has 91 heavy (non-hydrogen) atoms. The molecule has 23 heteroatoms. The largest absolute Gasteiger partial charge is 0.390 e. The summed E-state index contributed by atoms with van der Waals surface area (Å²) in [4.78, 5) is 170. The first-order valence-corrected chi connectivity index (χ1v) is 33.4. The fraction of sp³-hybridized carbons (Fsp3) is 0.809. The molecular weight excluding hydrogens is 1160 g/mol. The highest BCUT2D eigenvalue weighted by atomic mass is 16.3. The third-order valence-corrected chi connectivity index (χ3v) is 17.3. The Kier molecular flexibility index (Phi) is 36.3. The minimum Gasteiger partial charge on any atom is -0.390 e. The van der Waals surface area contributed by atoms with Crippen molar-refractivity contribution in [3.05, 3.63) is 12.2 Å². The van der Waals surface area contributed by atoms with Crippen LogP contribution in [0.15, 0.2) is 12.2 Å². The van der Waals surface area contributed by atoms with E-state index >= 15 is 9.59 Å². The second kappa shape index (κ2) is 39.7.